The van der Waals surface area contributed by atoms with Gasteiger partial charge in [0.05, 0.1) is 0 Å². The second kappa shape index (κ2) is 6.00. The summed E-state index contributed by atoms with van der Waals surface area (Å²) in [5, 5.41) is 0. The first kappa shape index (κ1) is 7.00. The molecule has 0 saturated carbocycles. The van der Waals surface area contributed by atoms with Gasteiger partial charge in [-0.05, 0) is 0 Å². The zero-order chi connectivity index (χ0) is 6.24. The number of hydrogen-bond donors (Lipinski definition) is 1. The van der Waals surface area contributed by atoms with Crippen LogP contribution in [0.4, 0.5) is 0 Å². The Labute approximate surface area is 50.5 Å². The molecular weight excluding hydrogens is 128 g/mol. The second-order valence-electron chi connectivity index (χ2n) is 0.690. The number of rotatable bonds is 0. The van der Waals surface area contributed by atoms with Gasteiger partial charge in [0.25, 0.3) is 0 Å². The fourth-order valence-corrected chi connectivity index (χ4v) is 0.417. The normalized spacial score (nSPS) is 12.0. The zero-order valence-corrected chi connectivity index (χ0v) is 4.63. The van der Waals surface area contributed by atoms with Gasteiger partial charge < -0.3 is 20.0 Å². The topological polar surface area (TPSA) is 80.0 Å². The summed E-state index contributed by atoms with van der Waals surface area (Å²) in [5.41, 5.74) is 13.5. The predicted molar refractivity (Wildman–Crippen MR) is 31.0 cm³/mol. The van der Waals surface area contributed by atoms with Crippen LogP contribution >= 0.6 is 12.2 Å². The Hall–Kier alpha value is -1.00. The van der Waals surface area contributed by atoms with Gasteiger partial charge in [-0.1, -0.05) is 0 Å². The van der Waals surface area contributed by atoms with E-state index in [9.17, 15) is 0 Å². The van der Waals surface area contributed by atoms with Crippen molar-refractivity contribution in [2.24, 2.45) is 0 Å². The highest BCUT2D eigenvalue weighted by Gasteiger charge is 1.83. The van der Waals surface area contributed by atoms with Gasteiger partial charge in [0.2, 0.25) is 0 Å². The van der Waals surface area contributed by atoms with Crippen molar-refractivity contribution in [3.05, 3.63) is 28.4 Å². The minimum atomic E-state index is 1.21. The van der Waals surface area contributed by atoms with Crippen molar-refractivity contribution >= 4 is 12.2 Å². The lowest BCUT2D eigenvalue weighted by Crippen LogP contribution is -1.77. The molecule has 0 atom stereocenters. The molecule has 0 fully saturated rings. The van der Waals surface area contributed by atoms with Gasteiger partial charge in [0.1, 0.15) is 6.26 Å². The third-order valence-electron chi connectivity index (χ3n) is 0.288. The minimum absolute atomic E-state index is 1.21. The Morgan fingerprint density at radius 1 is 1.62 bits per heavy atom. The van der Waals surface area contributed by atoms with Crippen molar-refractivity contribution < 1.29 is 4.18 Å². The second-order valence-corrected chi connectivity index (χ2v) is 1.28. The van der Waals surface area contributed by atoms with Crippen molar-refractivity contribution in [3.63, 3.8) is 0 Å². The molecule has 0 amide bonds. The molecule has 0 aromatic carbocycles. The molecule has 0 saturated heterocycles. The Morgan fingerprint density at radius 3 is 2.38 bits per heavy atom. The van der Waals surface area contributed by atoms with Crippen LogP contribution in [0.2, 0.25) is 0 Å². The van der Waals surface area contributed by atoms with E-state index in [1.165, 1.54) is 17.1 Å². The van der Waals surface area contributed by atoms with Gasteiger partial charge in [-0.2, -0.15) is 0 Å². The lowest BCUT2D eigenvalue weighted by Gasteiger charge is -1.77. The molecule has 1 rings (SSSR count). The van der Waals surface area contributed by atoms with Gasteiger partial charge >= 0.3 is 0 Å². The van der Waals surface area contributed by atoms with E-state index in [0.717, 1.165) is 0 Å². The summed E-state index contributed by atoms with van der Waals surface area (Å²) in [6.45, 7) is 0. The first-order valence-corrected chi connectivity index (χ1v) is 2.37. The number of nitrogens with one attached hydrogen (secondary N) is 1. The summed E-state index contributed by atoms with van der Waals surface area (Å²) in [5.74, 6) is 0. The molecule has 0 bridgehead atoms. The molecule has 5 nitrogen and oxygen atoms in total. The van der Waals surface area contributed by atoms with Crippen molar-refractivity contribution in [2.45, 2.75) is 0 Å². The largest absolute Gasteiger partial charge is 0.412 e. The molecule has 0 unspecified atom stereocenters. The van der Waals surface area contributed by atoms with Gasteiger partial charge in [0, 0.05) is 6.20 Å². The van der Waals surface area contributed by atoms with Crippen LogP contribution in [0, 0.1) is 0 Å². The molecule has 1 aliphatic rings. The molecule has 44 valence electrons. The van der Waals surface area contributed by atoms with Gasteiger partial charge in [-0.15, -0.1) is 0 Å². The van der Waals surface area contributed by atoms with Crippen LogP contribution in [-0.2, 0) is 4.18 Å². The van der Waals surface area contributed by atoms with Crippen LogP contribution in [0.3, 0.4) is 0 Å². The Balaban J connectivity index is 0.000000145. The molecule has 6 heteroatoms. The van der Waals surface area contributed by atoms with E-state index in [1.54, 1.807) is 12.5 Å². The molecule has 0 spiro atoms. The highest BCUT2D eigenvalue weighted by molar-refractivity contribution is 7.93. The average Bonchev–Trinajstić information content (AvgIpc) is 2.17. The number of hydrogen-bond acceptors (Lipinski definition) is 3. The Bertz CT molecular complexity index is 101. The van der Waals surface area contributed by atoms with Crippen molar-refractivity contribution in [1.29, 1.82) is 0 Å². The highest BCUT2D eigenvalue weighted by atomic mass is 32.2. The third kappa shape index (κ3) is 5.00. The molecule has 8 heavy (non-hydrogen) atoms. The molecule has 1 aliphatic heterocycles. The van der Waals surface area contributed by atoms with Gasteiger partial charge in [-0.3, -0.25) is 4.91 Å². The van der Waals surface area contributed by atoms with Crippen molar-refractivity contribution in [1.82, 2.24) is 4.72 Å². The summed E-state index contributed by atoms with van der Waals surface area (Å²) in [4.78, 5) is 1.50. The van der Waals surface area contributed by atoms with Crippen LogP contribution in [0.15, 0.2) is 12.5 Å². The smallest absolute Gasteiger partial charge is 0.175 e. The maximum Gasteiger partial charge on any atom is 0.175 e. The summed E-state index contributed by atoms with van der Waals surface area (Å²) in [7, 11) is 0. The van der Waals surface area contributed by atoms with Crippen LogP contribution < -0.4 is 4.72 Å². The van der Waals surface area contributed by atoms with E-state index in [4.69, 9.17) is 11.1 Å². The summed E-state index contributed by atoms with van der Waals surface area (Å²) in [6, 6.07) is 0. The lowest BCUT2D eigenvalue weighted by molar-refractivity contribution is 0.578. The van der Waals surface area contributed by atoms with Gasteiger partial charge in [-0.25, -0.2) is 0 Å². The first-order valence-electron chi connectivity index (χ1n) is 1.63. The first-order chi connectivity index (χ1) is 3.91. The molecular formula is C2H3N4OS-. The maximum absolute atomic E-state index is 6.75. The van der Waals surface area contributed by atoms with Crippen LogP contribution in [0.5, 0.6) is 0 Å². The molecule has 1 N–H and O–H groups in total. The molecule has 0 radical (unpaired) electrons. The van der Waals surface area contributed by atoms with E-state index in [0.29, 0.717) is 0 Å². The van der Waals surface area contributed by atoms with E-state index >= 15 is 0 Å². The molecule has 1 heterocycles. The molecule has 0 aromatic rings. The summed E-state index contributed by atoms with van der Waals surface area (Å²) >= 11 is 1.21. The van der Waals surface area contributed by atoms with Crippen molar-refractivity contribution in [2.75, 3.05) is 0 Å². The Morgan fingerprint density at radius 2 is 2.25 bits per heavy atom. The van der Waals surface area contributed by atoms with E-state index in [-0.39, 0.29) is 0 Å². The monoisotopic (exact) mass is 131 g/mol. The van der Waals surface area contributed by atoms with E-state index in [2.05, 4.69) is 8.91 Å². The fraction of sp³-hybridized carbons (Fsp3) is 0. The maximum atomic E-state index is 6.75. The summed E-state index contributed by atoms with van der Waals surface area (Å²) in [6.07, 6.45) is 3.31. The molecule has 0 aliphatic carbocycles. The quantitative estimate of drug-likeness (QED) is 0.178. The lowest BCUT2D eigenvalue weighted by atomic mass is 11.0. The van der Waals surface area contributed by atoms with E-state index in [1.807, 2.05) is 0 Å². The standard InChI is InChI=1S/C2H3NOS.N3/c1-2-4-5-3-1;1-3-2/h1-3H;/q;-1. The van der Waals surface area contributed by atoms with E-state index < -0.39 is 0 Å². The van der Waals surface area contributed by atoms with Gasteiger partial charge in [0.15, 0.2) is 12.2 Å². The fourth-order valence-electron chi connectivity index (χ4n) is 0.139. The van der Waals surface area contributed by atoms with Crippen molar-refractivity contribution in [3.8, 4) is 0 Å². The number of nitrogens with zero attached hydrogens (tertiary/aromatic N) is 3. The van der Waals surface area contributed by atoms with Crippen LogP contribution in [-0.4, -0.2) is 0 Å². The third-order valence-corrected chi connectivity index (χ3v) is 0.728. The predicted octanol–water partition coefficient (Wildman–Crippen LogP) is 1.51. The SMILES string of the molecule is C1=COSN1.[N-]=[N+]=[N-]. The van der Waals surface area contributed by atoms with Crippen LogP contribution in [0.1, 0.15) is 0 Å². The zero-order valence-electron chi connectivity index (χ0n) is 3.81. The highest BCUT2D eigenvalue weighted by Crippen LogP contribution is 2.01. The average molecular weight is 131 g/mol. The Kier molecular flexibility index (Phi) is 5.25. The van der Waals surface area contributed by atoms with Crippen LogP contribution in [0.25, 0.3) is 16.0 Å². The minimum Gasteiger partial charge on any atom is -0.412 e. The molecule has 0 aromatic heterocycles. The summed E-state index contributed by atoms with van der Waals surface area (Å²) < 4.78 is 7.31.